The predicted molar refractivity (Wildman–Crippen MR) is 107 cm³/mol. The molecule has 0 aromatic carbocycles. The maximum absolute atomic E-state index is 12.6. The zero-order chi connectivity index (χ0) is 19.5. The van der Waals surface area contributed by atoms with Crippen molar-refractivity contribution in [1.82, 2.24) is 24.4 Å². The van der Waals surface area contributed by atoms with Crippen LogP contribution in [0.15, 0.2) is 47.2 Å². The number of aryl methyl sites for hydroxylation is 1. The topological polar surface area (TPSA) is 81.0 Å². The van der Waals surface area contributed by atoms with Crippen LogP contribution in [0.25, 0.3) is 11.3 Å². The molecule has 0 aliphatic carbocycles. The SMILES string of the molecule is Cc1ncsc1C(=O)N1CCC(Cn2cnc(-c3cccnc3)cc2=O)CC1. The minimum Gasteiger partial charge on any atom is -0.338 e. The van der Waals surface area contributed by atoms with E-state index in [0.29, 0.717) is 31.2 Å². The van der Waals surface area contributed by atoms with E-state index in [1.54, 1.807) is 34.9 Å². The molecule has 1 saturated heterocycles. The van der Waals surface area contributed by atoms with Crippen molar-refractivity contribution in [1.29, 1.82) is 0 Å². The fraction of sp³-hybridized carbons (Fsp3) is 0.350. The molecule has 8 heteroatoms. The molecule has 0 radical (unpaired) electrons. The van der Waals surface area contributed by atoms with Crippen molar-refractivity contribution in [3.63, 3.8) is 0 Å². The van der Waals surface area contributed by atoms with Gasteiger partial charge in [0, 0.05) is 43.7 Å². The monoisotopic (exact) mass is 395 g/mol. The van der Waals surface area contributed by atoms with E-state index in [-0.39, 0.29) is 11.5 Å². The highest BCUT2D eigenvalue weighted by Crippen LogP contribution is 2.23. The first-order valence-corrected chi connectivity index (χ1v) is 10.2. The number of amides is 1. The van der Waals surface area contributed by atoms with Crippen LogP contribution >= 0.6 is 11.3 Å². The molecule has 1 amide bonds. The molecule has 0 spiro atoms. The number of hydrogen-bond donors (Lipinski definition) is 0. The van der Waals surface area contributed by atoms with Crippen LogP contribution in [0.2, 0.25) is 0 Å². The lowest BCUT2D eigenvalue weighted by molar-refractivity contribution is 0.0686. The highest BCUT2D eigenvalue weighted by molar-refractivity contribution is 7.11. The average Bonchev–Trinajstić information content (AvgIpc) is 3.16. The second-order valence-corrected chi connectivity index (χ2v) is 7.86. The second kappa shape index (κ2) is 8.02. The molecular formula is C20H21N5O2S. The maximum atomic E-state index is 12.6. The van der Waals surface area contributed by atoms with Crippen LogP contribution in [-0.2, 0) is 6.54 Å². The lowest BCUT2D eigenvalue weighted by atomic mass is 9.96. The molecule has 1 fully saturated rings. The van der Waals surface area contributed by atoms with E-state index < -0.39 is 0 Å². The van der Waals surface area contributed by atoms with Crippen LogP contribution < -0.4 is 5.56 Å². The summed E-state index contributed by atoms with van der Waals surface area (Å²) in [6.07, 6.45) is 6.76. The molecule has 4 rings (SSSR count). The molecule has 0 N–H and O–H groups in total. The number of carbonyl (C=O) groups is 1. The Morgan fingerprint density at radius 3 is 2.75 bits per heavy atom. The molecular weight excluding hydrogens is 374 g/mol. The molecule has 7 nitrogen and oxygen atoms in total. The van der Waals surface area contributed by atoms with E-state index >= 15 is 0 Å². The summed E-state index contributed by atoms with van der Waals surface area (Å²) in [5.74, 6) is 0.424. The van der Waals surface area contributed by atoms with E-state index in [4.69, 9.17) is 0 Å². The van der Waals surface area contributed by atoms with Gasteiger partial charge in [0.15, 0.2) is 0 Å². The van der Waals surface area contributed by atoms with Crippen molar-refractivity contribution < 1.29 is 4.79 Å². The maximum Gasteiger partial charge on any atom is 0.265 e. The van der Waals surface area contributed by atoms with Gasteiger partial charge in [0.25, 0.3) is 11.5 Å². The molecule has 0 unspecified atom stereocenters. The van der Waals surface area contributed by atoms with Crippen LogP contribution in [0.1, 0.15) is 28.2 Å². The van der Waals surface area contributed by atoms with Gasteiger partial charge in [-0.2, -0.15) is 0 Å². The predicted octanol–water partition coefficient (Wildman–Crippen LogP) is 2.62. The fourth-order valence-electron chi connectivity index (χ4n) is 3.48. The van der Waals surface area contributed by atoms with Gasteiger partial charge in [-0.05, 0) is 37.8 Å². The lowest BCUT2D eigenvalue weighted by Crippen LogP contribution is -2.40. The Labute approximate surface area is 166 Å². The van der Waals surface area contributed by atoms with E-state index in [9.17, 15) is 9.59 Å². The van der Waals surface area contributed by atoms with Crippen molar-refractivity contribution in [3.05, 3.63) is 63.4 Å². The normalized spacial score (nSPS) is 15.0. The number of likely N-dealkylation sites (tertiary alicyclic amines) is 1. The Hall–Kier alpha value is -2.87. The van der Waals surface area contributed by atoms with E-state index in [1.807, 2.05) is 24.0 Å². The average molecular weight is 395 g/mol. The lowest BCUT2D eigenvalue weighted by Gasteiger charge is -2.32. The summed E-state index contributed by atoms with van der Waals surface area (Å²) in [4.78, 5) is 40.3. The van der Waals surface area contributed by atoms with Crippen molar-refractivity contribution >= 4 is 17.2 Å². The number of piperidine rings is 1. The van der Waals surface area contributed by atoms with Crippen molar-refractivity contribution in [3.8, 4) is 11.3 Å². The zero-order valence-electron chi connectivity index (χ0n) is 15.6. The van der Waals surface area contributed by atoms with Crippen molar-refractivity contribution in [2.75, 3.05) is 13.1 Å². The summed E-state index contributed by atoms with van der Waals surface area (Å²) in [5, 5.41) is 0. The first-order valence-electron chi connectivity index (χ1n) is 9.28. The smallest absolute Gasteiger partial charge is 0.265 e. The number of thiazole rings is 1. The summed E-state index contributed by atoms with van der Waals surface area (Å²) in [6.45, 7) is 3.90. The van der Waals surface area contributed by atoms with Crippen molar-refractivity contribution in [2.24, 2.45) is 5.92 Å². The molecule has 3 aromatic heterocycles. The third-order valence-corrected chi connectivity index (χ3v) is 6.05. The summed E-state index contributed by atoms with van der Waals surface area (Å²) < 4.78 is 1.66. The molecule has 1 aliphatic rings. The molecule has 28 heavy (non-hydrogen) atoms. The van der Waals surface area contributed by atoms with Gasteiger partial charge in [0.1, 0.15) is 4.88 Å². The molecule has 0 atom stereocenters. The van der Waals surface area contributed by atoms with Crippen LogP contribution in [-0.4, -0.2) is 43.4 Å². The Bertz CT molecular complexity index is 1020. The van der Waals surface area contributed by atoms with Gasteiger partial charge in [-0.1, -0.05) is 0 Å². The number of carbonyl (C=O) groups excluding carboxylic acids is 1. The summed E-state index contributed by atoms with van der Waals surface area (Å²) in [7, 11) is 0. The van der Waals surface area contributed by atoms with Gasteiger partial charge in [0.05, 0.1) is 23.2 Å². The number of hydrogen-bond acceptors (Lipinski definition) is 6. The highest BCUT2D eigenvalue weighted by Gasteiger charge is 2.26. The third kappa shape index (κ3) is 3.87. The van der Waals surface area contributed by atoms with Gasteiger partial charge in [0.2, 0.25) is 0 Å². The molecule has 4 heterocycles. The third-order valence-electron chi connectivity index (χ3n) is 5.13. The zero-order valence-corrected chi connectivity index (χ0v) is 16.4. The first-order chi connectivity index (χ1) is 13.6. The summed E-state index contributed by atoms with van der Waals surface area (Å²) in [6, 6.07) is 5.27. The van der Waals surface area contributed by atoms with Gasteiger partial charge in [-0.3, -0.25) is 19.1 Å². The van der Waals surface area contributed by atoms with E-state index in [2.05, 4.69) is 15.0 Å². The Morgan fingerprint density at radius 2 is 2.11 bits per heavy atom. The first kappa shape index (κ1) is 18.5. The molecule has 0 bridgehead atoms. The number of pyridine rings is 1. The van der Waals surface area contributed by atoms with Gasteiger partial charge in [-0.15, -0.1) is 11.3 Å². The van der Waals surface area contributed by atoms with E-state index in [1.165, 1.54) is 11.3 Å². The largest absolute Gasteiger partial charge is 0.338 e. The van der Waals surface area contributed by atoms with Crippen LogP contribution in [0, 0.1) is 12.8 Å². The van der Waals surface area contributed by atoms with Gasteiger partial charge >= 0.3 is 0 Å². The van der Waals surface area contributed by atoms with Crippen molar-refractivity contribution in [2.45, 2.75) is 26.3 Å². The molecule has 3 aromatic rings. The fourth-order valence-corrected chi connectivity index (χ4v) is 4.25. The van der Waals surface area contributed by atoms with Crippen LogP contribution in [0.5, 0.6) is 0 Å². The van der Waals surface area contributed by atoms with Gasteiger partial charge in [-0.25, -0.2) is 9.97 Å². The number of aromatic nitrogens is 4. The summed E-state index contributed by atoms with van der Waals surface area (Å²) >= 11 is 1.40. The number of nitrogens with zero attached hydrogens (tertiary/aromatic N) is 5. The van der Waals surface area contributed by atoms with Crippen LogP contribution in [0.4, 0.5) is 0 Å². The minimum absolute atomic E-state index is 0.0624. The quantitative estimate of drug-likeness (QED) is 0.678. The Balaban J connectivity index is 1.38. The molecule has 0 saturated carbocycles. The Morgan fingerprint density at radius 1 is 1.29 bits per heavy atom. The molecule has 144 valence electrons. The van der Waals surface area contributed by atoms with Crippen LogP contribution in [0.3, 0.4) is 0 Å². The Kier molecular flexibility index (Phi) is 5.29. The van der Waals surface area contributed by atoms with Gasteiger partial charge < -0.3 is 4.90 Å². The van der Waals surface area contributed by atoms with E-state index in [0.717, 1.165) is 29.0 Å². The molecule has 1 aliphatic heterocycles. The second-order valence-electron chi connectivity index (χ2n) is 7.01. The number of rotatable bonds is 4. The minimum atomic E-state index is -0.0624. The standard InChI is InChI=1S/C20H21N5O2S/c1-14-19(28-13-23-14)20(27)24-7-4-15(5-8-24)11-25-12-22-17(9-18(25)26)16-3-2-6-21-10-16/h2-3,6,9-10,12-13,15H,4-5,7-8,11H2,1H3. The summed E-state index contributed by atoms with van der Waals surface area (Å²) in [5.41, 5.74) is 3.91. The highest BCUT2D eigenvalue weighted by atomic mass is 32.1.